The number of allylic oxidation sites excluding steroid dienone is 12. The van der Waals surface area contributed by atoms with Gasteiger partial charge in [0, 0.05) is 19.3 Å². The van der Waals surface area contributed by atoms with Crippen molar-refractivity contribution in [2.75, 3.05) is 13.2 Å². The Morgan fingerprint density at radius 1 is 0.253 bits per heavy atom. The summed E-state index contributed by atoms with van der Waals surface area (Å²) in [6.07, 6.45) is 87.7. The highest BCUT2D eigenvalue weighted by atomic mass is 16.6. The minimum atomic E-state index is -0.783. The first kappa shape index (κ1) is 75.8. The number of carbonyl (C=O) groups is 3. The fourth-order valence-corrected chi connectivity index (χ4v) is 9.95. The predicted octanol–water partition coefficient (Wildman–Crippen LogP) is 23.7. The number of hydrogen-bond acceptors (Lipinski definition) is 6. The molecule has 0 aliphatic carbocycles. The lowest BCUT2D eigenvalue weighted by Crippen LogP contribution is -2.30. The standard InChI is InChI=1S/C73H130O6/c1-4-7-10-13-16-19-22-25-28-31-33-34-35-36-37-38-40-42-45-48-51-54-57-60-63-66-72(75)78-69-70(68-77-71(74)65-62-59-56-53-50-47-44-41-30-27-24-21-18-15-12-9-6-3)79-73(76)67-64-61-58-55-52-49-46-43-39-32-29-26-23-20-17-14-11-8-5-2/h17-18,20-22,25-27,29-31,33,70H,4-16,19,23-24,28,32,34-69H2,1-3H3/b20-17-,21-18-,25-22-,29-26-,30-27-,33-31-. The van der Waals surface area contributed by atoms with Crippen molar-refractivity contribution in [1.29, 1.82) is 0 Å². The highest BCUT2D eigenvalue weighted by Gasteiger charge is 2.19. The summed E-state index contributed by atoms with van der Waals surface area (Å²) in [5, 5.41) is 0. The van der Waals surface area contributed by atoms with Crippen molar-refractivity contribution in [3.8, 4) is 0 Å². The zero-order valence-electron chi connectivity index (χ0n) is 52.6. The average Bonchev–Trinajstić information content (AvgIpc) is 3.45. The summed E-state index contributed by atoms with van der Waals surface area (Å²) >= 11 is 0. The summed E-state index contributed by atoms with van der Waals surface area (Å²) in [6.45, 7) is 6.62. The first-order chi connectivity index (χ1) is 39.0. The maximum absolute atomic E-state index is 12.9. The van der Waals surface area contributed by atoms with Gasteiger partial charge in [-0.05, 0) is 116 Å². The maximum atomic E-state index is 12.9. The van der Waals surface area contributed by atoms with Gasteiger partial charge < -0.3 is 14.2 Å². The first-order valence-electron chi connectivity index (χ1n) is 34.4. The lowest BCUT2D eigenvalue weighted by molar-refractivity contribution is -0.167. The molecule has 6 nitrogen and oxygen atoms in total. The molecule has 0 aliphatic heterocycles. The van der Waals surface area contributed by atoms with Crippen LogP contribution in [0.1, 0.15) is 355 Å². The van der Waals surface area contributed by atoms with Crippen molar-refractivity contribution in [2.45, 2.75) is 361 Å². The molecule has 0 N–H and O–H groups in total. The number of hydrogen-bond donors (Lipinski definition) is 0. The number of esters is 3. The number of rotatable bonds is 63. The lowest BCUT2D eigenvalue weighted by Gasteiger charge is -2.18. The maximum Gasteiger partial charge on any atom is 0.306 e. The van der Waals surface area contributed by atoms with E-state index in [0.717, 1.165) is 83.5 Å². The second kappa shape index (κ2) is 67.4. The summed E-state index contributed by atoms with van der Waals surface area (Å²) in [5.74, 6) is -0.872. The van der Waals surface area contributed by atoms with Crippen LogP contribution >= 0.6 is 0 Å². The van der Waals surface area contributed by atoms with Crippen LogP contribution in [0.15, 0.2) is 72.9 Å². The van der Waals surface area contributed by atoms with Crippen molar-refractivity contribution in [2.24, 2.45) is 0 Å². The molecule has 0 amide bonds. The van der Waals surface area contributed by atoms with Gasteiger partial charge in [-0.15, -0.1) is 0 Å². The molecule has 0 saturated carbocycles. The summed E-state index contributed by atoms with van der Waals surface area (Å²) < 4.78 is 17.0. The van der Waals surface area contributed by atoms with Crippen molar-refractivity contribution in [1.82, 2.24) is 0 Å². The van der Waals surface area contributed by atoms with Crippen LogP contribution in [-0.2, 0) is 28.6 Å². The molecule has 0 heterocycles. The highest BCUT2D eigenvalue weighted by Crippen LogP contribution is 2.17. The van der Waals surface area contributed by atoms with Gasteiger partial charge >= 0.3 is 17.9 Å². The van der Waals surface area contributed by atoms with Gasteiger partial charge in [-0.3, -0.25) is 14.4 Å². The van der Waals surface area contributed by atoms with Crippen molar-refractivity contribution < 1.29 is 28.6 Å². The zero-order valence-corrected chi connectivity index (χ0v) is 52.6. The van der Waals surface area contributed by atoms with Crippen LogP contribution in [0.2, 0.25) is 0 Å². The topological polar surface area (TPSA) is 78.9 Å². The molecule has 6 heteroatoms. The molecule has 0 aromatic heterocycles. The Balaban J connectivity index is 4.33. The van der Waals surface area contributed by atoms with Gasteiger partial charge in [-0.1, -0.05) is 293 Å². The van der Waals surface area contributed by atoms with E-state index in [-0.39, 0.29) is 31.1 Å². The summed E-state index contributed by atoms with van der Waals surface area (Å²) in [5.41, 5.74) is 0. The second-order valence-electron chi connectivity index (χ2n) is 23.1. The van der Waals surface area contributed by atoms with Crippen LogP contribution in [0.3, 0.4) is 0 Å². The number of carbonyl (C=O) groups excluding carboxylic acids is 3. The van der Waals surface area contributed by atoms with E-state index in [0.29, 0.717) is 19.3 Å². The number of unbranched alkanes of at least 4 members (excludes halogenated alkanes) is 40. The Kier molecular flexibility index (Phi) is 64.7. The lowest BCUT2D eigenvalue weighted by atomic mass is 10.0. The van der Waals surface area contributed by atoms with E-state index in [1.807, 2.05) is 0 Å². The molecule has 0 spiro atoms. The van der Waals surface area contributed by atoms with Crippen LogP contribution < -0.4 is 0 Å². The van der Waals surface area contributed by atoms with E-state index < -0.39 is 6.10 Å². The van der Waals surface area contributed by atoms with E-state index in [1.54, 1.807) is 0 Å². The molecule has 0 radical (unpaired) electrons. The fraction of sp³-hybridized carbons (Fsp3) is 0.795. The van der Waals surface area contributed by atoms with Crippen LogP contribution in [0.25, 0.3) is 0 Å². The fourth-order valence-electron chi connectivity index (χ4n) is 9.95. The quantitative estimate of drug-likeness (QED) is 0.0261. The summed E-state index contributed by atoms with van der Waals surface area (Å²) in [4.78, 5) is 38.4. The SMILES string of the molecule is CCCCC/C=C\C/C=C\CCCCCCCCCCCC(=O)OC(COC(=O)CCCCCCCCC/C=C\C/C=C\CCCCC)COC(=O)CCCCCCCCCCCCCCC/C=C\C/C=C\CCCCCCC. The largest absolute Gasteiger partial charge is 0.462 e. The van der Waals surface area contributed by atoms with Crippen LogP contribution in [-0.4, -0.2) is 37.2 Å². The van der Waals surface area contributed by atoms with E-state index in [9.17, 15) is 14.4 Å². The van der Waals surface area contributed by atoms with E-state index in [1.165, 1.54) is 231 Å². The molecule has 0 saturated heterocycles. The highest BCUT2D eigenvalue weighted by molar-refractivity contribution is 5.71. The van der Waals surface area contributed by atoms with E-state index in [2.05, 4.69) is 93.7 Å². The third-order valence-electron chi connectivity index (χ3n) is 15.2. The van der Waals surface area contributed by atoms with Gasteiger partial charge in [0.25, 0.3) is 0 Å². The van der Waals surface area contributed by atoms with Crippen molar-refractivity contribution in [3.63, 3.8) is 0 Å². The van der Waals surface area contributed by atoms with Crippen molar-refractivity contribution in [3.05, 3.63) is 72.9 Å². The van der Waals surface area contributed by atoms with Crippen molar-refractivity contribution >= 4 is 17.9 Å². The predicted molar refractivity (Wildman–Crippen MR) is 344 cm³/mol. The van der Waals surface area contributed by atoms with Gasteiger partial charge in [0.05, 0.1) is 0 Å². The Labute approximate surface area is 491 Å². The zero-order chi connectivity index (χ0) is 57.1. The minimum absolute atomic E-state index is 0.0779. The van der Waals surface area contributed by atoms with Crippen LogP contribution in [0.5, 0.6) is 0 Å². The van der Waals surface area contributed by atoms with E-state index in [4.69, 9.17) is 14.2 Å². The molecule has 458 valence electrons. The normalized spacial score (nSPS) is 12.5. The molecular formula is C73H130O6. The van der Waals surface area contributed by atoms with Gasteiger partial charge in [-0.2, -0.15) is 0 Å². The number of ether oxygens (including phenoxy) is 3. The molecule has 0 aromatic rings. The Morgan fingerprint density at radius 2 is 0.456 bits per heavy atom. The molecule has 0 aromatic carbocycles. The Hall–Kier alpha value is -3.15. The molecule has 79 heavy (non-hydrogen) atoms. The summed E-state index contributed by atoms with van der Waals surface area (Å²) in [7, 11) is 0. The average molecular weight is 1100 g/mol. The second-order valence-corrected chi connectivity index (χ2v) is 23.1. The molecule has 1 unspecified atom stereocenters. The minimum Gasteiger partial charge on any atom is -0.462 e. The van der Waals surface area contributed by atoms with Gasteiger partial charge in [0.1, 0.15) is 13.2 Å². The Bertz CT molecular complexity index is 1450. The third-order valence-corrected chi connectivity index (χ3v) is 15.2. The van der Waals surface area contributed by atoms with Crippen LogP contribution in [0.4, 0.5) is 0 Å². The molecule has 0 fully saturated rings. The molecule has 0 aliphatic rings. The molecule has 0 rings (SSSR count). The molecule has 1 atom stereocenters. The van der Waals surface area contributed by atoms with Gasteiger partial charge in [-0.25, -0.2) is 0 Å². The monoisotopic (exact) mass is 1100 g/mol. The summed E-state index contributed by atoms with van der Waals surface area (Å²) in [6, 6.07) is 0. The van der Waals surface area contributed by atoms with Gasteiger partial charge in [0.15, 0.2) is 6.10 Å². The van der Waals surface area contributed by atoms with Gasteiger partial charge in [0.2, 0.25) is 0 Å². The Morgan fingerprint density at radius 3 is 0.722 bits per heavy atom. The smallest absolute Gasteiger partial charge is 0.306 e. The van der Waals surface area contributed by atoms with Crippen LogP contribution in [0, 0.1) is 0 Å². The first-order valence-corrected chi connectivity index (χ1v) is 34.4. The third kappa shape index (κ3) is 65.5. The van der Waals surface area contributed by atoms with E-state index >= 15 is 0 Å². The molecular weight excluding hydrogens is 973 g/mol. The molecule has 0 bridgehead atoms.